The van der Waals surface area contributed by atoms with Crippen LogP contribution in [-0.4, -0.2) is 29.8 Å². The van der Waals surface area contributed by atoms with Crippen molar-refractivity contribution in [1.29, 1.82) is 0 Å². The van der Waals surface area contributed by atoms with E-state index >= 15 is 0 Å². The van der Waals surface area contributed by atoms with Crippen molar-refractivity contribution in [2.75, 3.05) is 13.1 Å². The number of carbonyl (C=O) groups is 1. The minimum absolute atomic E-state index is 0.487. The zero-order valence-electron chi connectivity index (χ0n) is 8.04. The van der Waals surface area contributed by atoms with E-state index in [9.17, 15) is 4.79 Å². The lowest BCUT2D eigenvalue weighted by atomic mass is 9.93. The molecule has 0 spiro atoms. The summed E-state index contributed by atoms with van der Waals surface area (Å²) in [5.74, 6) is 2.57. The summed E-state index contributed by atoms with van der Waals surface area (Å²) in [6.45, 7) is 2.67. The Morgan fingerprint density at radius 1 is 1.08 bits per heavy atom. The topological polar surface area (TPSA) is 20.3 Å². The molecule has 2 aliphatic carbocycles. The van der Waals surface area contributed by atoms with Crippen molar-refractivity contribution in [1.82, 2.24) is 4.90 Å². The zero-order valence-corrected chi connectivity index (χ0v) is 8.04. The molecule has 13 heavy (non-hydrogen) atoms. The van der Waals surface area contributed by atoms with Crippen LogP contribution in [0.5, 0.6) is 0 Å². The lowest BCUT2D eigenvalue weighted by Gasteiger charge is -2.31. The Balaban J connectivity index is 1.57. The van der Waals surface area contributed by atoms with E-state index in [0.717, 1.165) is 43.6 Å². The first-order valence-electron chi connectivity index (χ1n) is 5.58. The zero-order chi connectivity index (χ0) is 8.84. The minimum atomic E-state index is 0.487. The smallest absolute Gasteiger partial charge is 0.133 e. The van der Waals surface area contributed by atoms with Gasteiger partial charge in [-0.2, -0.15) is 0 Å². The number of hydrogen-bond acceptors (Lipinski definition) is 2. The maximum absolute atomic E-state index is 11.1. The average molecular weight is 179 g/mol. The molecule has 0 radical (unpaired) electrons. The molecule has 0 aromatic heterocycles. The van der Waals surface area contributed by atoms with E-state index in [1.807, 2.05) is 0 Å². The van der Waals surface area contributed by atoms with E-state index in [1.54, 1.807) is 0 Å². The van der Waals surface area contributed by atoms with E-state index in [0.29, 0.717) is 5.78 Å². The molecule has 2 unspecified atom stereocenters. The largest absolute Gasteiger partial charge is 0.300 e. The Morgan fingerprint density at radius 2 is 1.69 bits per heavy atom. The van der Waals surface area contributed by atoms with Gasteiger partial charge in [0.1, 0.15) is 5.78 Å². The first-order chi connectivity index (χ1) is 6.33. The molecular formula is C11H17NO. The average Bonchev–Trinajstić information content (AvgIpc) is 2.75. The molecule has 0 bridgehead atoms. The van der Waals surface area contributed by atoms with Gasteiger partial charge in [-0.3, -0.25) is 9.69 Å². The summed E-state index contributed by atoms with van der Waals surface area (Å²) in [5, 5.41) is 0. The molecule has 3 rings (SSSR count). The van der Waals surface area contributed by atoms with Crippen LogP contribution in [0, 0.1) is 11.8 Å². The summed E-state index contributed by atoms with van der Waals surface area (Å²) in [7, 11) is 0. The number of hydrogen-bond donors (Lipinski definition) is 0. The molecule has 2 heteroatoms. The third kappa shape index (κ3) is 1.41. The molecule has 1 aliphatic heterocycles. The highest BCUT2D eigenvalue weighted by Crippen LogP contribution is 2.46. The van der Waals surface area contributed by atoms with Crippen molar-refractivity contribution < 1.29 is 4.79 Å². The van der Waals surface area contributed by atoms with Gasteiger partial charge in [0.25, 0.3) is 0 Å². The monoisotopic (exact) mass is 179 g/mol. The fourth-order valence-electron chi connectivity index (χ4n) is 3.02. The second-order valence-corrected chi connectivity index (χ2v) is 4.98. The first-order valence-corrected chi connectivity index (χ1v) is 5.58. The van der Waals surface area contributed by atoms with Gasteiger partial charge in [-0.25, -0.2) is 0 Å². The van der Waals surface area contributed by atoms with Gasteiger partial charge in [-0.1, -0.05) is 0 Å². The summed E-state index contributed by atoms with van der Waals surface area (Å²) >= 11 is 0. The number of carbonyl (C=O) groups excluding carboxylic acids is 1. The third-order valence-electron chi connectivity index (χ3n) is 4.04. The molecule has 3 fully saturated rings. The Kier molecular flexibility index (Phi) is 1.72. The summed E-state index contributed by atoms with van der Waals surface area (Å²) < 4.78 is 0. The van der Waals surface area contributed by atoms with Crippen molar-refractivity contribution in [2.45, 2.75) is 38.1 Å². The van der Waals surface area contributed by atoms with Crippen LogP contribution >= 0.6 is 0 Å². The van der Waals surface area contributed by atoms with Gasteiger partial charge in [0.15, 0.2) is 0 Å². The standard InChI is InChI=1S/C11H17NO/c13-11-3-1-10(2-4-11)12-6-8-5-9(8)7-12/h8-10H,1-7H2. The van der Waals surface area contributed by atoms with E-state index < -0.39 is 0 Å². The van der Waals surface area contributed by atoms with Crippen LogP contribution in [0.25, 0.3) is 0 Å². The van der Waals surface area contributed by atoms with Crippen LogP contribution in [0.3, 0.4) is 0 Å². The van der Waals surface area contributed by atoms with E-state index in [4.69, 9.17) is 0 Å². The van der Waals surface area contributed by atoms with Gasteiger partial charge in [-0.05, 0) is 31.1 Å². The predicted octanol–water partition coefficient (Wildman–Crippen LogP) is 1.45. The molecule has 0 aromatic rings. The molecule has 2 atom stereocenters. The fraction of sp³-hybridized carbons (Fsp3) is 0.909. The van der Waals surface area contributed by atoms with Gasteiger partial charge in [0.2, 0.25) is 0 Å². The summed E-state index contributed by atoms with van der Waals surface area (Å²) in [5.41, 5.74) is 0. The van der Waals surface area contributed by atoms with E-state index in [2.05, 4.69) is 4.90 Å². The van der Waals surface area contributed by atoms with Gasteiger partial charge < -0.3 is 0 Å². The van der Waals surface area contributed by atoms with E-state index in [1.165, 1.54) is 19.5 Å². The number of fused-ring (bicyclic) bond motifs is 1. The second-order valence-electron chi connectivity index (χ2n) is 4.98. The third-order valence-corrected chi connectivity index (χ3v) is 4.04. The van der Waals surface area contributed by atoms with Gasteiger partial charge in [0.05, 0.1) is 0 Å². The van der Waals surface area contributed by atoms with Crippen LogP contribution in [0.2, 0.25) is 0 Å². The molecule has 3 aliphatic rings. The molecule has 1 heterocycles. The lowest BCUT2D eigenvalue weighted by molar-refractivity contribution is -0.121. The van der Waals surface area contributed by atoms with Gasteiger partial charge in [0, 0.05) is 32.0 Å². The maximum atomic E-state index is 11.1. The van der Waals surface area contributed by atoms with Crippen LogP contribution in [0.1, 0.15) is 32.1 Å². The van der Waals surface area contributed by atoms with Gasteiger partial charge >= 0.3 is 0 Å². The molecule has 0 N–H and O–H groups in total. The van der Waals surface area contributed by atoms with Crippen molar-refractivity contribution in [3.05, 3.63) is 0 Å². The number of piperidine rings is 1. The van der Waals surface area contributed by atoms with E-state index in [-0.39, 0.29) is 0 Å². The first kappa shape index (κ1) is 7.98. The van der Waals surface area contributed by atoms with Crippen LogP contribution in [0.4, 0.5) is 0 Å². The van der Waals surface area contributed by atoms with Crippen molar-refractivity contribution >= 4 is 5.78 Å². The normalized spacial score (nSPS) is 40.8. The molecule has 0 amide bonds. The van der Waals surface area contributed by atoms with Gasteiger partial charge in [-0.15, -0.1) is 0 Å². The van der Waals surface area contributed by atoms with Crippen LogP contribution in [0.15, 0.2) is 0 Å². The molecular weight excluding hydrogens is 162 g/mol. The number of ketones is 1. The molecule has 2 saturated carbocycles. The highest BCUT2D eigenvalue weighted by molar-refractivity contribution is 5.79. The van der Waals surface area contributed by atoms with Crippen molar-refractivity contribution in [2.24, 2.45) is 11.8 Å². The van der Waals surface area contributed by atoms with Crippen molar-refractivity contribution in [3.8, 4) is 0 Å². The fourth-order valence-corrected chi connectivity index (χ4v) is 3.02. The minimum Gasteiger partial charge on any atom is -0.300 e. The number of likely N-dealkylation sites (tertiary alicyclic amines) is 1. The number of rotatable bonds is 1. The molecule has 2 nitrogen and oxygen atoms in total. The molecule has 0 aromatic carbocycles. The Hall–Kier alpha value is -0.370. The quantitative estimate of drug-likeness (QED) is 0.607. The second kappa shape index (κ2) is 2.81. The Bertz CT molecular complexity index is 218. The lowest BCUT2D eigenvalue weighted by Crippen LogP contribution is -2.37. The molecule has 72 valence electrons. The molecule has 1 saturated heterocycles. The SMILES string of the molecule is O=C1CCC(N2CC3CC3C2)CC1. The Morgan fingerprint density at radius 3 is 2.31 bits per heavy atom. The highest BCUT2D eigenvalue weighted by atomic mass is 16.1. The van der Waals surface area contributed by atoms with Crippen molar-refractivity contribution in [3.63, 3.8) is 0 Å². The summed E-state index contributed by atoms with van der Waals surface area (Å²) in [6.07, 6.45) is 5.45. The predicted molar refractivity (Wildman–Crippen MR) is 50.4 cm³/mol. The maximum Gasteiger partial charge on any atom is 0.133 e. The number of Topliss-reactive ketones (excluding diaryl/α,β-unsaturated/α-hetero) is 1. The Labute approximate surface area is 79.3 Å². The summed E-state index contributed by atoms with van der Waals surface area (Å²) in [4.78, 5) is 13.7. The summed E-state index contributed by atoms with van der Waals surface area (Å²) in [6, 6.07) is 0.755. The number of nitrogens with zero attached hydrogens (tertiary/aromatic N) is 1. The van der Waals surface area contributed by atoms with Crippen LogP contribution in [-0.2, 0) is 4.79 Å². The van der Waals surface area contributed by atoms with Crippen LogP contribution < -0.4 is 0 Å². The highest BCUT2D eigenvalue weighted by Gasteiger charge is 2.46.